The first-order valence-electron chi connectivity index (χ1n) is 8.53. The van der Waals surface area contributed by atoms with E-state index < -0.39 is 16.2 Å². The number of ketones is 1. The SMILES string of the molecule is COc1cc(OC)nc(NC(=O)NS(=O)(=O)Nc2ccccc2C(=O)C2CC2)n1.[H-].[Na+]. The fraction of sp³-hybridized carbons (Fsp3) is 0.294. The number of carbonyl (C=O) groups is 2. The number of methoxy groups -OCH3 is 2. The van der Waals surface area contributed by atoms with E-state index in [4.69, 9.17) is 9.47 Å². The van der Waals surface area contributed by atoms with Crippen LogP contribution in [-0.4, -0.2) is 44.4 Å². The summed E-state index contributed by atoms with van der Waals surface area (Å²) in [7, 11) is -1.61. The third kappa shape index (κ3) is 6.29. The maximum absolute atomic E-state index is 12.3. The van der Waals surface area contributed by atoms with Crippen LogP contribution in [0, 0.1) is 5.92 Å². The monoisotopic (exact) mass is 445 g/mol. The van der Waals surface area contributed by atoms with E-state index in [9.17, 15) is 18.0 Å². The van der Waals surface area contributed by atoms with E-state index in [1.807, 2.05) is 0 Å². The van der Waals surface area contributed by atoms with Gasteiger partial charge in [-0.25, -0.2) is 9.52 Å². The predicted octanol–water partition coefficient (Wildman–Crippen LogP) is -1.32. The number of ether oxygens (including phenoxy) is 2. The number of carbonyl (C=O) groups excluding carboxylic acids is 2. The molecule has 3 rings (SSSR count). The van der Waals surface area contributed by atoms with Crippen molar-refractivity contribution in [2.24, 2.45) is 5.92 Å². The van der Waals surface area contributed by atoms with Gasteiger partial charge in [0.2, 0.25) is 17.7 Å². The molecule has 0 atom stereocenters. The largest absolute Gasteiger partial charge is 1.00 e. The van der Waals surface area contributed by atoms with Crippen LogP contribution in [0.1, 0.15) is 24.6 Å². The Labute approximate surface area is 196 Å². The molecule has 1 heterocycles. The standard InChI is InChI=1S/C17H19N5O6S.Na.H/c1-27-13-9-14(28-2)19-16(18-13)20-17(24)22-29(25,26)21-12-6-4-3-5-11(12)15(23)10-7-8-10;;/h3-6,9-10,21H,7-8H2,1-2H3,(H2,18,19,20,22,24);;/q;+1;-1. The summed E-state index contributed by atoms with van der Waals surface area (Å²) in [6.07, 6.45) is 1.56. The summed E-state index contributed by atoms with van der Waals surface area (Å²) in [5.41, 5.74) is 0.339. The van der Waals surface area contributed by atoms with Gasteiger partial charge in [0.05, 0.1) is 26.0 Å². The maximum atomic E-state index is 12.3. The molecule has 0 aliphatic heterocycles. The van der Waals surface area contributed by atoms with Crippen molar-refractivity contribution in [3.05, 3.63) is 35.9 Å². The maximum Gasteiger partial charge on any atom is 1.00 e. The van der Waals surface area contributed by atoms with Gasteiger partial charge in [-0.05, 0) is 25.0 Å². The molecule has 0 unspecified atom stereocenters. The van der Waals surface area contributed by atoms with Gasteiger partial charge in [0.15, 0.2) is 5.78 Å². The average Bonchev–Trinajstić information content (AvgIpc) is 3.51. The third-order valence-electron chi connectivity index (χ3n) is 3.93. The van der Waals surface area contributed by atoms with E-state index in [0.717, 1.165) is 12.8 Å². The second kappa shape index (κ2) is 10.1. The molecule has 1 aliphatic carbocycles. The van der Waals surface area contributed by atoms with Crippen molar-refractivity contribution >= 4 is 33.7 Å². The number of nitrogens with one attached hydrogen (secondary N) is 3. The van der Waals surface area contributed by atoms with Crippen LogP contribution in [-0.2, 0) is 10.2 Å². The summed E-state index contributed by atoms with van der Waals surface area (Å²) >= 11 is 0. The van der Waals surface area contributed by atoms with Crippen LogP contribution in [0.15, 0.2) is 30.3 Å². The van der Waals surface area contributed by atoms with E-state index in [0.29, 0.717) is 0 Å². The predicted molar refractivity (Wildman–Crippen MR) is 104 cm³/mol. The molecule has 0 radical (unpaired) electrons. The molecule has 1 fully saturated rings. The number of urea groups is 1. The minimum Gasteiger partial charge on any atom is -1.00 e. The van der Waals surface area contributed by atoms with Gasteiger partial charge in [0, 0.05) is 11.5 Å². The van der Waals surface area contributed by atoms with Crippen molar-refractivity contribution in [1.29, 1.82) is 0 Å². The van der Waals surface area contributed by atoms with Crippen molar-refractivity contribution < 1.29 is 58.5 Å². The van der Waals surface area contributed by atoms with Gasteiger partial charge in [0.25, 0.3) is 0 Å². The fourth-order valence-corrected chi connectivity index (χ4v) is 3.25. The number of hydrogen-bond acceptors (Lipinski definition) is 8. The van der Waals surface area contributed by atoms with Gasteiger partial charge >= 0.3 is 45.8 Å². The second-order valence-corrected chi connectivity index (χ2v) is 7.54. The third-order valence-corrected chi connectivity index (χ3v) is 4.88. The van der Waals surface area contributed by atoms with E-state index in [1.165, 1.54) is 32.4 Å². The molecule has 1 aliphatic rings. The van der Waals surface area contributed by atoms with Crippen LogP contribution in [0.5, 0.6) is 11.8 Å². The zero-order valence-electron chi connectivity index (χ0n) is 17.6. The first-order valence-corrected chi connectivity index (χ1v) is 10.0. The number of anilines is 2. The minimum atomic E-state index is -4.33. The minimum absolute atomic E-state index is 0. The van der Waals surface area contributed by atoms with Gasteiger partial charge in [-0.2, -0.15) is 18.4 Å². The Hall–Kier alpha value is -2.41. The van der Waals surface area contributed by atoms with Gasteiger partial charge in [-0.1, -0.05) is 12.1 Å². The van der Waals surface area contributed by atoms with E-state index >= 15 is 0 Å². The quantitative estimate of drug-likeness (QED) is 0.335. The summed E-state index contributed by atoms with van der Waals surface area (Å²) in [4.78, 5) is 32.2. The molecule has 1 aromatic heterocycles. The Morgan fingerprint density at radius 1 is 1.10 bits per heavy atom. The van der Waals surface area contributed by atoms with Crippen LogP contribution in [0.25, 0.3) is 0 Å². The molecule has 156 valence electrons. The number of nitrogens with zero attached hydrogens (tertiary/aromatic N) is 2. The summed E-state index contributed by atoms with van der Waals surface area (Å²) < 4.78 is 38.5. The van der Waals surface area contributed by atoms with Crippen LogP contribution in [0.4, 0.5) is 16.4 Å². The average molecular weight is 445 g/mol. The molecule has 0 spiro atoms. The van der Waals surface area contributed by atoms with Crippen molar-refractivity contribution in [3.8, 4) is 11.8 Å². The normalized spacial score (nSPS) is 12.9. The summed E-state index contributed by atoms with van der Waals surface area (Å²) in [6.45, 7) is 0. The Morgan fingerprint density at radius 3 is 2.27 bits per heavy atom. The molecule has 3 N–H and O–H groups in total. The number of hydrogen-bond donors (Lipinski definition) is 3. The van der Waals surface area contributed by atoms with Gasteiger partial charge in [0.1, 0.15) is 0 Å². The van der Waals surface area contributed by atoms with Gasteiger partial charge < -0.3 is 10.9 Å². The Bertz CT molecular complexity index is 1030. The summed E-state index contributed by atoms with van der Waals surface area (Å²) in [5.74, 6) is -0.221. The van der Waals surface area contributed by atoms with Crippen molar-refractivity contribution in [2.75, 3.05) is 24.3 Å². The first kappa shape index (κ1) is 23.9. The topological polar surface area (TPSA) is 149 Å². The Balaban J connectivity index is 0.00000240. The van der Waals surface area contributed by atoms with E-state index in [1.54, 1.807) is 16.9 Å². The molecule has 30 heavy (non-hydrogen) atoms. The molecular weight excluding hydrogens is 425 g/mol. The Morgan fingerprint density at radius 2 is 1.70 bits per heavy atom. The van der Waals surface area contributed by atoms with E-state index in [2.05, 4.69) is 20.0 Å². The zero-order valence-corrected chi connectivity index (χ0v) is 19.4. The number of para-hydroxylation sites is 1. The molecule has 0 saturated heterocycles. The van der Waals surface area contributed by atoms with Crippen LogP contribution >= 0.6 is 0 Å². The van der Waals surface area contributed by atoms with Crippen molar-refractivity contribution in [3.63, 3.8) is 0 Å². The smallest absolute Gasteiger partial charge is 1.00 e. The van der Waals surface area contributed by atoms with Crippen LogP contribution in [0.3, 0.4) is 0 Å². The number of rotatable bonds is 8. The Kier molecular flexibility index (Phi) is 8.01. The fourth-order valence-electron chi connectivity index (χ4n) is 2.44. The first-order chi connectivity index (χ1) is 13.8. The van der Waals surface area contributed by atoms with Crippen LogP contribution < -0.4 is 53.8 Å². The number of amides is 2. The second-order valence-electron chi connectivity index (χ2n) is 6.12. The van der Waals surface area contributed by atoms with Gasteiger partial charge in [-0.3, -0.25) is 14.8 Å². The molecule has 13 heteroatoms. The van der Waals surface area contributed by atoms with Crippen LogP contribution in [0.2, 0.25) is 0 Å². The number of aromatic nitrogens is 2. The molecule has 1 aromatic carbocycles. The van der Waals surface area contributed by atoms with Crippen molar-refractivity contribution in [2.45, 2.75) is 12.8 Å². The van der Waals surface area contributed by atoms with Crippen molar-refractivity contribution in [1.82, 2.24) is 14.7 Å². The molecule has 2 aromatic rings. The molecule has 2 amide bonds. The summed E-state index contributed by atoms with van der Waals surface area (Å²) in [6, 6.07) is 6.48. The number of benzene rings is 1. The molecule has 11 nitrogen and oxygen atoms in total. The molecule has 0 bridgehead atoms. The van der Waals surface area contributed by atoms with E-state index in [-0.39, 0.29) is 71.6 Å². The molecular formula is C17H20N5NaO6S. The molecule has 1 saturated carbocycles. The summed E-state index contributed by atoms with van der Waals surface area (Å²) in [5, 5.41) is 2.18. The number of Topliss-reactive ketones (excluding diaryl/α,β-unsaturated/α-hetero) is 1. The van der Waals surface area contributed by atoms with Gasteiger partial charge in [-0.15, -0.1) is 0 Å². The zero-order chi connectivity index (χ0) is 21.0.